The molecule has 0 aliphatic heterocycles. The van der Waals surface area contributed by atoms with Crippen LogP contribution in [0.1, 0.15) is 72.1 Å². The van der Waals surface area contributed by atoms with Crippen LogP contribution in [-0.4, -0.2) is 13.1 Å². The largest absolute Gasteiger partial charge is 0.317 e. The van der Waals surface area contributed by atoms with Crippen molar-refractivity contribution in [3.05, 3.63) is 58.7 Å². The number of halogens is 8. The third-order valence-electron chi connectivity index (χ3n) is 5.74. The highest BCUT2D eigenvalue weighted by atomic mass is 19.2. The number of hydrogen-bond donors (Lipinski definition) is 1. The van der Waals surface area contributed by atoms with Crippen LogP contribution in [0.25, 0.3) is 11.1 Å². The minimum Gasteiger partial charge on any atom is -0.317 e. The molecule has 0 bridgehead atoms. The fraction of sp³-hybridized carbons (Fsp3) is 0.538. The summed E-state index contributed by atoms with van der Waals surface area (Å²) in [5.74, 6) is -16.6. The lowest BCUT2D eigenvalue weighted by Gasteiger charge is -2.14. The molecule has 0 heterocycles. The van der Waals surface area contributed by atoms with Crippen molar-refractivity contribution in [1.82, 2.24) is 5.32 Å². The molecule has 0 spiro atoms. The Morgan fingerprint density at radius 3 is 1.71 bits per heavy atom. The van der Waals surface area contributed by atoms with Gasteiger partial charge < -0.3 is 5.32 Å². The SMILES string of the molecule is CCCCCNCCC(CC)CCCC.Fc1ccc(-c2c(F)c(F)c(F)c(F)c2F)c(F)c1F. The van der Waals surface area contributed by atoms with E-state index < -0.39 is 57.7 Å². The number of rotatable bonds is 12. The van der Waals surface area contributed by atoms with E-state index in [1.807, 2.05) is 0 Å². The lowest BCUT2D eigenvalue weighted by Crippen LogP contribution is -2.19. The molecule has 0 aliphatic rings. The van der Waals surface area contributed by atoms with Gasteiger partial charge in [0.05, 0.1) is 5.56 Å². The van der Waals surface area contributed by atoms with Gasteiger partial charge in [-0.05, 0) is 44.0 Å². The normalized spacial score (nSPS) is 11.9. The maximum Gasteiger partial charge on any atom is 0.200 e. The van der Waals surface area contributed by atoms with Crippen molar-refractivity contribution >= 4 is 0 Å². The zero-order valence-corrected chi connectivity index (χ0v) is 20.3. The van der Waals surface area contributed by atoms with E-state index in [4.69, 9.17) is 0 Å². The Morgan fingerprint density at radius 1 is 0.600 bits per heavy atom. The van der Waals surface area contributed by atoms with Crippen LogP contribution in [0.3, 0.4) is 0 Å². The van der Waals surface area contributed by atoms with Crippen LogP contribution in [0, 0.1) is 52.5 Å². The van der Waals surface area contributed by atoms with Crippen LogP contribution in [0.5, 0.6) is 0 Å². The summed E-state index contributed by atoms with van der Waals surface area (Å²) in [5, 5.41) is 3.56. The zero-order chi connectivity index (χ0) is 26.5. The number of hydrogen-bond acceptors (Lipinski definition) is 1. The van der Waals surface area contributed by atoms with E-state index in [-0.39, 0.29) is 0 Å². The van der Waals surface area contributed by atoms with Crippen molar-refractivity contribution in [2.45, 2.75) is 72.1 Å². The molecular weight excluding hydrogens is 478 g/mol. The quantitative estimate of drug-likeness (QED) is 0.130. The first kappa shape index (κ1) is 30.9. The van der Waals surface area contributed by atoms with E-state index >= 15 is 0 Å². The van der Waals surface area contributed by atoms with Crippen LogP contribution < -0.4 is 5.32 Å². The van der Waals surface area contributed by atoms with Crippen LogP contribution in [0.2, 0.25) is 0 Å². The van der Waals surface area contributed by atoms with Crippen LogP contribution in [-0.2, 0) is 0 Å². The van der Waals surface area contributed by atoms with Gasteiger partial charge in [-0.2, -0.15) is 0 Å². The van der Waals surface area contributed by atoms with E-state index in [9.17, 15) is 35.1 Å². The molecule has 2 rings (SSSR count). The third-order valence-corrected chi connectivity index (χ3v) is 5.74. The molecule has 198 valence electrons. The topological polar surface area (TPSA) is 12.0 Å². The van der Waals surface area contributed by atoms with Crippen molar-refractivity contribution in [3.8, 4) is 11.1 Å². The number of nitrogens with one attached hydrogen (secondary N) is 1. The zero-order valence-electron chi connectivity index (χ0n) is 20.3. The standard InChI is InChI=1S/C14H31N.C12H2F8/c1-4-7-9-12-15-13-11-14(6-3)10-8-5-2;13-4-2-1-3(6(14)7(4)15)5-8(16)10(18)12(20)11(19)9(5)17/h14-15H,4-13H2,1-3H3;1-2H. The summed E-state index contributed by atoms with van der Waals surface area (Å²) in [5.41, 5.74) is -2.95. The average Bonchev–Trinajstić information content (AvgIpc) is 2.85. The summed E-state index contributed by atoms with van der Waals surface area (Å²) in [6.07, 6.45) is 11.0. The second-order valence-electron chi connectivity index (χ2n) is 8.33. The van der Waals surface area contributed by atoms with Gasteiger partial charge in [0.15, 0.2) is 40.7 Å². The van der Waals surface area contributed by atoms with Gasteiger partial charge in [-0.1, -0.05) is 59.3 Å². The fourth-order valence-electron chi connectivity index (χ4n) is 3.54. The average molecular weight is 512 g/mol. The lowest BCUT2D eigenvalue weighted by molar-refractivity contribution is 0.380. The van der Waals surface area contributed by atoms with Gasteiger partial charge in [0.2, 0.25) is 5.82 Å². The minimum absolute atomic E-state index is 0.297. The maximum absolute atomic E-state index is 13.4. The summed E-state index contributed by atoms with van der Waals surface area (Å²) >= 11 is 0. The second kappa shape index (κ2) is 15.8. The molecule has 0 amide bonds. The molecule has 0 aliphatic carbocycles. The minimum atomic E-state index is -2.44. The monoisotopic (exact) mass is 511 g/mol. The molecule has 1 atom stereocenters. The molecular formula is C26H33F8N. The number of benzene rings is 2. The summed E-state index contributed by atoms with van der Waals surface area (Å²) in [7, 11) is 0. The molecule has 0 saturated carbocycles. The molecule has 2 aromatic rings. The molecule has 1 nitrogen and oxygen atoms in total. The molecule has 1 unspecified atom stereocenters. The predicted octanol–water partition coefficient (Wildman–Crippen LogP) is 8.84. The Labute approximate surface area is 201 Å². The Bertz CT molecular complexity index is 903. The molecule has 0 radical (unpaired) electrons. The number of unbranched alkanes of at least 4 members (excludes halogenated alkanes) is 3. The molecule has 1 N–H and O–H groups in total. The Morgan fingerprint density at radius 2 is 1.17 bits per heavy atom. The van der Waals surface area contributed by atoms with Gasteiger partial charge in [0.1, 0.15) is 0 Å². The maximum atomic E-state index is 13.4. The Kier molecular flexibility index (Phi) is 13.9. The van der Waals surface area contributed by atoms with Crippen molar-refractivity contribution in [2.24, 2.45) is 5.92 Å². The molecule has 35 heavy (non-hydrogen) atoms. The van der Waals surface area contributed by atoms with Crippen LogP contribution in [0.15, 0.2) is 12.1 Å². The molecule has 0 fully saturated rings. The molecule has 0 saturated heterocycles. The molecule has 2 aromatic carbocycles. The van der Waals surface area contributed by atoms with E-state index in [2.05, 4.69) is 26.1 Å². The van der Waals surface area contributed by atoms with Gasteiger partial charge in [0, 0.05) is 5.56 Å². The first-order valence-corrected chi connectivity index (χ1v) is 12.0. The van der Waals surface area contributed by atoms with Crippen molar-refractivity contribution in [1.29, 1.82) is 0 Å². The van der Waals surface area contributed by atoms with Crippen LogP contribution in [0.4, 0.5) is 35.1 Å². The lowest BCUT2D eigenvalue weighted by atomic mass is 9.96. The Hall–Kier alpha value is -2.16. The van der Waals surface area contributed by atoms with E-state index in [0.717, 1.165) is 5.92 Å². The highest BCUT2D eigenvalue weighted by Crippen LogP contribution is 2.34. The summed E-state index contributed by atoms with van der Waals surface area (Å²) in [6.45, 7) is 9.33. The van der Waals surface area contributed by atoms with Gasteiger partial charge in [-0.25, -0.2) is 35.1 Å². The third kappa shape index (κ3) is 8.78. The molecule has 0 aromatic heterocycles. The van der Waals surface area contributed by atoms with E-state index in [0.29, 0.717) is 12.1 Å². The smallest absolute Gasteiger partial charge is 0.200 e. The van der Waals surface area contributed by atoms with Crippen LogP contribution >= 0.6 is 0 Å². The fourth-order valence-corrected chi connectivity index (χ4v) is 3.54. The van der Waals surface area contributed by atoms with Crippen molar-refractivity contribution in [2.75, 3.05) is 13.1 Å². The van der Waals surface area contributed by atoms with Gasteiger partial charge in [0.25, 0.3) is 0 Å². The first-order valence-electron chi connectivity index (χ1n) is 12.0. The summed E-state index contributed by atoms with van der Waals surface area (Å²) in [6, 6.07) is 0.665. The van der Waals surface area contributed by atoms with E-state index in [1.54, 1.807) is 0 Å². The molecule has 9 heteroatoms. The highest BCUT2D eigenvalue weighted by molar-refractivity contribution is 5.66. The highest BCUT2D eigenvalue weighted by Gasteiger charge is 2.29. The van der Waals surface area contributed by atoms with Gasteiger partial charge in [-0.3, -0.25) is 0 Å². The van der Waals surface area contributed by atoms with Gasteiger partial charge >= 0.3 is 0 Å². The first-order chi connectivity index (χ1) is 16.6. The predicted molar refractivity (Wildman–Crippen MR) is 122 cm³/mol. The van der Waals surface area contributed by atoms with Crippen molar-refractivity contribution < 1.29 is 35.1 Å². The Balaban J connectivity index is 0.000000367. The van der Waals surface area contributed by atoms with Gasteiger partial charge in [-0.15, -0.1) is 0 Å². The summed E-state index contributed by atoms with van der Waals surface area (Å²) in [4.78, 5) is 0. The second-order valence-corrected chi connectivity index (χ2v) is 8.33. The van der Waals surface area contributed by atoms with E-state index in [1.165, 1.54) is 64.5 Å². The summed E-state index contributed by atoms with van der Waals surface area (Å²) < 4.78 is 105. The van der Waals surface area contributed by atoms with Crippen molar-refractivity contribution in [3.63, 3.8) is 0 Å².